The molecular weight excluding hydrogens is 378 g/mol. The van der Waals surface area contributed by atoms with Crippen LogP contribution in [0.5, 0.6) is 0 Å². The van der Waals surface area contributed by atoms with Crippen LogP contribution in [0.2, 0.25) is 5.02 Å². The van der Waals surface area contributed by atoms with Crippen molar-refractivity contribution in [1.29, 1.82) is 0 Å². The van der Waals surface area contributed by atoms with Gasteiger partial charge in [0.25, 0.3) is 0 Å². The topological polar surface area (TPSA) is 92.5 Å². The molecule has 1 aromatic heterocycles. The number of rotatable bonds is 6. The Morgan fingerprint density at radius 2 is 2.12 bits per heavy atom. The number of carbonyl (C=O) groups excluding carboxylic acids is 1. The molecule has 1 atom stereocenters. The summed E-state index contributed by atoms with van der Waals surface area (Å²) in [7, 11) is -1.22. The van der Waals surface area contributed by atoms with E-state index in [1.165, 1.54) is 0 Å². The van der Waals surface area contributed by atoms with Gasteiger partial charge in [0.05, 0.1) is 24.6 Å². The molecule has 1 unspecified atom stereocenters. The average molecular weight is 398 g/mol. The minimum absolute atomic E-state index is 0.0228. The van der Waals surface area contributed by atoms with Crippen LogP contribution in [-0.4, -0.2) is 55.5 Å². The van der Waals surface area contributed by atoms with E-state index in [2.05, 4.69) is 10.5 Å². The Labute approximate surface area is 157 Å². The van der Waals surface area contributed by atoms with E-state index in [1.807, 2.05) is 18.2 Å². The lowest BCUT2D eigenvalue weighted by atomic mass is 10.1. The van der Waals surface area contributed by atoms with Crippen molar-refractivity contribution in [3.63, 3.8) is 0 Å². The maximum absolute atomic E-state index is 12.1. The fourth-order valence-corrected chi connectivity index (χ4v) is 4.69. The summed E-state index contributed by atoms with van der Waals surface area (Å²) in [5.74, 6) is 0.592. The molecule has 9 heteroatoms. The Balaban J connectivity index is 1.51. The standard InChI is InChI=1S/C17H20ClN3O4S/c1-21(10-17(22)19-14-6-7-26(23,24)11-14)9-15-8-16(20-25-15)12-2-4-13(18)5-3-12/h2-5,8,14H,6-7,9-11H2,1H3,(H,19,22). The van der Waals surface area contributed by atoms with E-state index in [9.17, 15) is 13.2 Å². The zero-order valence-electron chi connectivity index (χ0n) is 14.3. The van der Waals surface area contributed by atoms with Crippen LogP contribution in [0.25, 0.3) is 11.3 Å². The normalized spacial score (nSPS) is 19.0. The second-order valence-corrected chi connectivity index (χ2v) is 9.19. The molecular formula is C17H20ClN3O4S. The van der Waals surface area contributed by atoms with Gasteiger partial charge in [-0.3, -0.25) is 9.69 Å². The number of nitrogens with one attached hydrogen (secondary N) is 1. The van der Waals surface area contributed by atoms with E-state index in [0.29, 0.717) is 29.4 Å². The van der Waals surface area contributed by atoms with Gasteiger partial charge in [-0.15, -0.1) is 0 Å². The van der Waals surface area contributed by atoms with Gasteiger partial charge in [-0.05, 0) is 25.6 Å². The molecule has 7 nitrogen and oxygen atoms in total. The minimum Gasteiger partial charge on any atom is -0.359 e. The van der Waals surface area contributed by atoms with Crippen molar-refractivity contribution in [2.75, 3.05) is 25.1 Å². The van der Waals surface area contributed by atoms with Gasteiger partial charge in [0.2, 0.25) is 5.91 Å². The quantitative estimate of drug-likeness (QED) is 0.798. The van der Waals surface area contributed by atoms with Crippen LogP contribution in [-0.2, 0) is 21.2 Å². The monoisotopic (exact) mass is 397 g/mol. The second kappa shape index (κ2) is 7.77. The summed E-state index contributed by atoms with van der Waals surface area (Å²) in [5, 5.41) is 7.46. The first-order valence-corrected chi connectivity index (χ1v) is 10.4. The van der Waals surface area contributed by atoms with Crippen LogP contribution >= 0.6 is 11.6 Å². The number of likely N-dealkylation sites (N-methyl/N-ethyl adjacent to an activating group) is 1. The van der Waals surface area contributed by atoms with E-state index in [-0.39, 0.29) is 30.0 Å². The zero-order valence-corrected chi connectivity index (χ0v) is 15.9. The molecule has 1 amide bonds. The molecule has 3 rings (SSSR count). The number of hydrogen-bond acceptors (Lipinski definition) is 6. The predicted octanol–water partition coefficient (Wildman–Crippen LogP) is 1.73. The lowest BCUT2D eigenvalue weighted by Crippen LogP contribution is -2.41. The van der Waals surface area contributed by atoms with Crippen LogP contribution in [0.15, 0.2) is 34.9 Å². The number of aromatic nitrogens is 1. The van der Waals surface area contributed by atoms with Gasteiger partial charge in [-0.25, -0.2) is 8.42 Å². The molecule has 140 valence electrons. The van der Waals surface area contributed by atoms with E-state index in [0.717, 1.165) is 5.56 Å². The maximum Gasteiger partial charge on any atom is 0.234 e. The van der Waals surface area contributed by atoms with Crippen molar-refractivity contribution >= 4 is 27.3 Å². The molecule has 1 aromatic carbocycles. The molecule has 1 aliphatic heterocycles. The molecule has 1 fully saturated rings. The third kappa shape index (κ3) is 5.06. The first-order chi connectivity index (χ1) is 12.3. The Morgan fingerprint density at radius 3 is 2.77 bits per heavy atom. The highest BCUT2D eigenvalue weighted by Gasteiger charge is 2.29. The van der Waals surface area contributed by atoms with Crippen molar-refractivity contribution in [2.45, 2.75) is 19.0 Å². The summed E-state index contributed by atoms with van der Waals surface area (Å²) in [4.78, 5) is 13.8. The number of nitrogens with zero attached hydrogens (tertiary/aromatic N) is 2. The highest BCUT2D eigenvalue weighted by molar-refractivity contribution is 7.91. The first kappa shape index (κ1) is 18.9. The highest BCUT2D eigenvalue weighted by atomic mass is 35.5. The van der Waals surface area contributed by atoms with Gasteiger partial charge < -0.3 is 9.84 Å². The summed E-state index contributed by atoms with van der Waals surface area (Å²) in [6.07, 6.45) is 0.477. The number of halogens is 1. The molecule has 0 saturated carbocycles. The first-order valence-electron chi connectivity index (χ1n) is 8.20. The van der Waals surface area contributed by atoms with Crippen molar-refractivity contribution in [2.24, 2.45) is 0 Å². The van der Waals surface area contributed by atoms with Crippen LogP contribution in [0.3, 0.4) is 0 Å². The molecule has 1 aliphatic rings. The van der Waals surface area contributed by atoms with Gasteiger partial charge in [0.15, 0.2) is 15.6 Å². The third-order valence-electron chi connectivity index (χ3n) is 4.14. The van der Waals surface area contributed by atoms with Gasteiger partial charge >= 0.3 is 0 Å². The van der Waals surface area contributed by atoms with Crippen LogP contribution in [0, 0.1) is 0 Å². The third-order valence-corrected chi connectivity index (χ3v) is 6.16. The summed E-state index contributed by atoms with van der Waals surface area (Å²) in [6.45, 7) is 0.560. The SMILES string of the molecule is CN(CC(=O)NC1CCS(=O)(=O)C1)Cc1cc(-c2ccc(Cl)cc2)no1. The highest BCUT2D eigenvalue weighted by Crippen LogP contribution is 2.21. The number of sulfone groups is 1. The molecule has 2 aromatic rings. The molecule has 2 heterocycles. The maximum atomic E-state index is 12.1. The smallest absolute Gasteiger partial charge is 0.234 e. The lowest BCUT2D eigenvalue weighted by Gasteiger charge is -2.16. The molecule has 0 aliphatic carbocycles. The molecule has 1 saturated heterocycles. The van der Waals surface area contributed by atoms with Crippen LogP contribution in [0.4, 0.5) is 0 Å². The Bertz CT molecular complexity index is 880. The minimum atomic E-state index is -3.00. The Morgan fingerprint density at radius 1 is 1.38 bits per heavy atom. The van der Waals surface area contributed by atoms with E-state index >= 15 is 0 Å². The summed E-state index contributed by atoms with van der Waals surface area (Å²) in [6, 6.07) is 8.81. The molecule has 26 heavy (non-hydrogen) atoms. The van der Waals surface area contributed by atoms with Gasteiger partial charge in [0.1, 0.15) is 5.69 Å². The van der Waals surface area contributed by atoms with Crippen LogP contribution in [0.1, 0.15) is 12.2 Å². The molecule has 0 radical (unpaired) electrons. The summed E-state index contributed by atoms with van der Waals surface area (Å²) < 4.78 is 28.2. The van der Waals surface area contributed by atoms with Gasteiger partial charge in [0, 0.05) is 22.7 Å². The lowest BCUT2D eigenvalue weighted by molar-refractivity contribution is -0.122. The van der Waals surface area contributed by atoms with Crippen molar-refractivity contribution < 1.29 is 17.7 Å². The number of carbonyl (C=O) groups is 1. The number of benzene rings is 1. The van der Waals surface area contributed by atoms with Crippen molar-refractivity contribution in [3.8, 4) is 11.3 Å². The van der Waals surface area contributed by atoms with Crippen molar-refractivity contribution in [1.82, 2.24) is 15.4 Å². The fraction of sp³-hybridized carbons (Fsp3) is 0.412. The van der Waals surface area contributed by atoms with E-state index < -0.39 is 9.84 Å². The Hall–Kier alpha value is -1.90. The predicted molar refractivity (Wildman–Crippen MR) is 98.5 cm³/mol. The zero-order chi connectivity index (χ0) is 18.7. The van der Waals surface area contributed by atoms with E-state index in [4.69, 9.17) is 16.1 Å². The van der Waals surface area contributed by atoms with Crippen molar-refractivity contribution in [3.05, 3.63) is 41.1 Å². The van der Waals surface area contributed by atoms with E-state index in [1.54, 1.807) is 24.1 Å². The number of amides is 1. The Kier molecular flexibility index (Phi) is 5.64. The summed E-state index contributed by atoms with van der Waals surface area (Å²) in [5.41, 5.74) is 1.60. The van der Waals surface area contributed by atoms with Crippen LogP contribution < -0.4 is 5.32 Å². The number of hydrogen-bond donors (Lipinski definition) is 1. The van der Waals surface area contributed by atoms with Gasteiger partial charge in [-0.1, -0.05) is 28.9 Å². The molecule has 1 N–H and O–H groups in total. The largest absolute Gasteiger partial charge is 0.359 e. The summed E-state index contributed by atoms with van der Waals surface area (Å²) >= 11 is 5.88. The van der Waals surface area contributed by atoms with Gasteiger partial charge in [-0.2, -0.15) is 0 Å². The molecule has 0 bridgehead atoms. The fourth-order valence-electron chi connectivity index (χ4n) is 2.89. The second-order valence-electron chi connectivity index (χ2n) is 6.53. The molecule has 0 spiro atoms. The average Bonchev–Trinajstić information content (AvgIpc) is 3.14.